The Morgan fingerprint density at radius 1 is 0.607 bits per heavy atom. The van der Waals surface area contributed by atoms with E-state index >= 15 is 0 Å². The highest BCUT2D eigenvalue weighted by Gasteiger charge is 2.07. The number of rotatable bonds is 12. The lowest BCUT2D eigenvalue weighted by Crippen LogP contribution is -1.98. The van der Waals surface area contributed by atoms with Crippen molar-refractivity contribution in [1.82, 2.24) is 0 Å². The quantitative estimate of drug-likeness (QED) is 0.304. The topological polar surface area (TPSA) is 98.0 Å². The summed E-state index contributed by atoms with van der Waals surface area (Å²) in [5.41, 5.74) is 1.48. The van der Waals surface area contributed by atoms with Gasteiger partial charge in [-0.3, -0.25) is 4.79 Å². The van der Waals surface area contributed by atoms with E-state index in [1.807, 2.05) is 0 Å². The zero-order valence-corrected chi connectivity index (χ0v) is 16.2. The highest BCUT2D eigenvalue weighted by Crippen LogP contribution is 2.30. The van der Waals surface area contributed by atoms with Crippen LogP contribution in [0.25, 0.3) is 0 Å². The van der Waals surface area contributed by atoms with Gasteiger partial charge in [0.2, 0.25) is 0 Å². The number of benzene rings is 2. The minimum absolute atomic E-state index is 0.0439. The van der Waals surface area contributed by atoms with Gasteiger partial charge in [-0.05, 0) is 61.8 Å². The van der Waals surface area contributed by atoms with Crippen LogP contribution in [0.15, 0.2) is 36.4 Å². The average Bonchev–Trinajstić information content (AvgIpc) is 2.67. The number of aromatic hydroxyl groups is 4. The van der Waals surface area contributed by atoms with Gasteiger partial charge < -0.3 is 20.4 Å². The molecule has 5 heteroatoms. The van der Waals surface area contributed by atoms with E-state index in [-0.39, 0.29) is 28.8 Å². The van der Waals surface area contributed by atoms with Crippen molar-refractivity contribution in [2.45, 2.75) is 64.2 Å². The number of aryl methyl sites for hydroxylation is 2. The predicted molar refractivity (Wildman–Crippen MR) is 109 cm³/mol. The van der Waals surface area contributed by atoms with E-state index in [2.05, 4.69) is 0 Å². The third-order valence-electron chi connectivity index (χ3n) is 5.00. The van der Waals surface area contributed by atoms with E-state index < -0.39 is 0 Å². The molecule has 2 rings (SSSR count). The number of hydrogen-bond acceptors (Lipinski definition) is 5. The Hall–Kier alpha value is -2.69. The zero-order valence-electron chi connectivity index (χ0n) is 16.2. The van der Waals surface area contributed by atoms with Crippen LogP contribution in [0, 0.1) is 0 Å². The molecule has 0 aliphatic carbocycles. The number of para-hydroxylation sites is 2. The highest BCUT2D eigenvalue weighted by atomic mass is 16.3. The fraction of sp³-hybridized carbons (Fsp3) is 0.435. The number of phenols is 4. The molecule has 0 fully saturated rings. The first-order valence-electron chi connectivity index (χ1n) is 10.0. The van der Waals surface area contributed by atoms with Gasteiger partial charge in [-0.15, -0.1) is 0 Å². The number of phenolic OH excluding ortho intramolecular Hbond substituents is 4. The molecular formula is C23H30O5. The molecule has 0 aliphatic heterocycles. The Bertz CT molecular complexity index is 706. The maximum atomic E-state index is 12.0. The summed E-state index contributed by atoms with van der Waals surface area (Å²) in [4.78, 5) is 12.0. The molecule has 28 heavy (non-hydrogen) atoms. The van der Waals surface area contributed by atoms with Crippen LogP contribution in [0.3, 0.4) is 0 Å². The van der Waals surface area contributed by atoms with Crippen molar-refractivity contribution in [2.24, 2.45) is 0 Å². The number of hydrogen-bond donors (Lipinski definition) is 4. The Balaban J connectivity index is 1.52. The summed E-state index contributed by atoms with van der Waals surface area (Å²) in [6.07, 6.45) is 7.81. The van der Waals surface area contributed by atoms with Gasteiger partial charge in [0.15, 0.2) is 23.0 Å². The molecule has 0 atom stereocenters. The fourth-order valence-corrected chi connectivity index (χ4v) is 3.31. The number of carbonyl (C=O) groups excluding carboxylic acids is 1. The minimum Gasteiger partial charge on any atom is -0.504 e. The largest absolute Gasteiger partial charge is 0.504 e. The first kappa shape index (κ1) is 21.6. The first-order valence-corrected chi connectivity index (χ1v) is 10.0. The molecule has 0 heterocycles. The third kappa shape index (κ3) is 6.80. The van der Waals surface area contributed by atoms with Crippen LogP contribution in [0.1, 0.15) is 62.5 Å². The lowest BCUT2D eigenvalue weighted by molar-refractivity contribution is -0.119. The summed E-state index contributed by atoms with van der Waals surface area (Å²) in [6, 6.07) is 9.97. The van der Waals surface area contributed by atoms with Crippen LogP contribution in [0.2, 0.25) is 0 Å². The van der Waals surface area contributed by atoms with Gasteiger partial charge in [0.1, 0.15) is 5.78 Å². The molecule has 0 saturated carbocycles. The van der Waals surface area contributed by atoms with Crippen LogP contribution in [-0.2, 0) is 17.6 Å². The van der Waals surface area contributed by atoms with Crippen LogP contribution < -0.4 is 0 Å². The number of ketones is 1. The molecule has 0 amide bonds. The van der Waals surface area contributed by atoms with Gasteiger partial charge in [-0.25, -0.2) is 0 Å². The molecule has 0 unspecified atom stereocenters. The van der Waals surface area contributed by atoms with Crippen LogP contribution >= 0.6 is 0 Å². The maximum Gasteiger partial charge on any atom is 0.160 e. The van der Waals surface area contributed by atoms with E-state index in [1.54, 1.807) is 24.3 Å². The van der Waals surface area contributed by atoms with Crippen molar-refractivity contribution < 1.29 is 25.2 Å². The van der Waals surface area contributed by atoms with Crippen molar-refractivity contribution >= 4 is 5.78 Å². The van der Waals surface area contributed by atoms with Crippen LogP contribution in [0.5, 0.6) is 23.0 Å². The first-order chi connectivity index (χ1) is 13.5. The summed E-state index contributed by atoms with van der Waals surface area (Å²) in [5, 5.41) is 38.4. The number of carbonyl (C=O) groups is 1. The van der Waals surface area contributed by atoms with Crippen molar-refractivity contribution in [3.05, 3.63) is 47.5 Å². The maximum absolute atomic E-state index is 12.0. The molecule has 4 N–H and O–H groups in total. The van der Waals surface area contributed by atoms with E-state index in [9.17, 15) is 25.2 Å². The molecule has 2 aromatic carbocycles. The Morgan fingerprint density at radius 3 is 1.46 bits per heavy atom. The van der Waals surface area contributed by atoms with Crippen LogP contribution in [0.4, 0.5) is 0 Å². The van der Waals surface area contributed by atoms with E-state index in [4.69, 9.17) is 0 Å². The lowest BCUT2D eigenvalue weighted by Gasteiger charge is -2.06. The van der Waals surface area contributed by atoms with E-state index in [0.29, 0.717) is 25.7 Å². The highest BCUT2D eigenvalue weighted by molar-refractivity contribution is 5.78. The summed E-state index contributed by atoms with van der Waals surface area (Å²) in [5.74, 6) is 0.00883. The van der Waals surface area contributed by atoms with E-state index in [0.717, 1.165) is 49.7 Å². The molecule has 0 bridgehead atoms. The lowest BCUT2D eigenvalue weighted by atomic mass is 10.0. The Kier molecular flexibility index (Phi) is 8.66. The Morgan fingerprint density at radius 2 is 1.04 bits per heavy atom. The normalized spacial score (nSPS) is 10.9. The van der Waals surface area contributed by atoms with Gasteiger partial charge >= 0.3 is 0 Å². The van der Waals surface area contributed by atoms with Gasteiger partial charge in [-0.1, -0.05) is 37.1 Å². The van der Waals surface area contributed by atoms with Gasteiger partial charge in [0.25, 0.3) is 0 Å². The molecule has 5 nitrogen and oxygen atoms in total. The second-order valence-electron chi connectivity index (χ2n) is 7.23. The second kappa shape index (κ2) is 11.2. The molecule has 0 radical (unpaired) electrons. The summed E-state index contributed by atoms with van der Waals surface area (Å²) in [6.45, 7) is 0. The summed E-state index contributed by atoms with van der Waals surface area (Å²) in [7, 11) is 0. The molecule has 0 aromatic heterocycles. The smallest absolute Gasteiger partial charge is 0.160 e. The van der Waals surface area contributed by atoms with Crippen molar-refractivity contribution in [3.63, 3.8) is 0 Å². The van der Waals surface area contributed by atoms with Gasteiger partial charge in [-0.2, -0.15) is 0 Å². The predicted octanol–water partition coefficient (Wildman–Crippen LogP) is 4.98. The molecular weight excluding hydrogens is 356 g/mol. The third-order valence-corrected chi connectivity index (χ3v) is 5.00. The number of unbranched alkanes of at least 4 members (excludes halogenated alkanes) is 4. The molecule has 0 spiro atoms. The monoisotopic (exact) mass is 386 g/mol. The fourth-order valence-electron chi connectivity index (χ4n) is 3.31. The minimum atomic E-state index is -0.0908. The summed E-state index contributed by atoms with van der Waals surface area (Å²) < 4.78 is 0. The molecule has 152 valence electrons. The van der Waals surface area contributed by atoms with Gasteiger partial charge in [0, 0.05) is 12.8 Å². The number of Topliss-reactive ketones (excluding diaryl/α,β-unsaturated/α-hetero) is 1. The van der Waals surface area contributed by atoms with Gasteiger partial charge in [0.05, 0.1) is 0 Å². The van der Waals surface area contributed by atoms with E-state index in [1.165, 1.54) is 12.1 Å². The van der Waals surface area contributed by atoms with Crippen LogP contribution in [-0.4, -0.2) is 26.2 Å². The van der Waals surface area contributed by atoms with Crippen molar-refractivity contribution in [1.29, 1.82) is 0 Å². The molecule has 0 saturated heterocycles. The van der Waals surface area contributed by atoms with Crippen molar-refractivity contribution in [3.8, 4) is 23.0 Å². The molecule has 0 aliphatic rings. The second-order valence-corrected chi connectivity index (χ2v) is 7.23. The average molecular weight is 386 g/mol. The SMILES string of the molecule is O=C(CCCCCc1cccc(O)c1O)CCCCCc1cccc(O)c1O. The van der Waals surface area contributed by atoms with Crippen molar-refractivity contribution in [2.75, 3.05) is 0 Å². The standard InChI is InChI=1S/C23H30O5/c24-19(13-5-1-3-9-17-11-7-15-20(25)22(17)27)14-6-2-4-10-18-12-8-16-21(26)23(18)28/h7-8,11-12,15-16,25-28H,1-6,9-10,13-14H2. The Labute approximate surface area is 166 Å². The molecule has 2 aromatic rings. The summed E-state index contributed by atoms with van der Waals surface area (Å²) >= 11 is 0. The zero-order chi connectivity index (χ0) is 20.4.